The highest BCUT2D eigenvalue weighted by molar-refractivity contribution is 6.32. The van der Waals surface area contributed by atoms with E-state index < -0.39 is 0 Å². The highest BCUT2D eigenvalue weighted by atomic mass is 35.5. The van der Waals surface area contributed by atoms with Crippen LogP contribution in [0.3, 0.4) is 0 Å². The van der Waals surface area contributed by atoms with Crippen molar-refractivity contribution in [2.75, 3.05) is 7.11 Å². The van der Waals surface area contributed by atoms with Crippen LogP contribution in [0.15, 0.2) is 23.0 Å². The molecule has 1 heterocycles. The first-order chi connectivity index (χ1) is 9.19. The second-order valence-electron chi connectivity index (χ2n) is 5.10. The molecule has 3 rings (SSSR count). The van der Waals surface area contributed by atoms with E-state index in [4.69, 9.17) is 16.3 Å². The number of pyridine rings is 1. The zero-order valence-corrected chi connectivity index (χ0v) is 11.6. The molecular formula is C15H16ClNO2. The number of methoxy groups -OCH3 is 1. The fourth-order valence-electron chi connectivity index (χ4n) is 2.88. The van der Waals surface area contributed by atoms with Gasteiger partial charge in [0.1, 0.15) is 5.75 Å². The van der Waals surface area contributed by atoms with E-state index in [1.54, 1.807) is 25.3 Å². The molecule has 1 N–H and O–H groups in total. The number of rotatable bonds is 2. The summed E-state index contributed by atoms with van der Waals surface area (Å²) in [6.07, 6.45) is 4.81. The molecule has 0 atom stereocenters. The molecule has 0 radical (unpaired) electrons. The Hall–Kier alpha value is -1.48. The van der Waals surface area contributed by atoms with Crippen molar-refractivity contribution in [2.24, 2.45) is 0 Å². The minimum Gasteiger partial charge on any atom is -0.495 e. The lowest BCUT2D eigenvalue weighted by molar-refractivity contribution is 0.415. The summed E-state index contributed by atoms with van der Waals surface area (Å²) in [4.78, 5) is 15.6. The summed E-state index contributed by atoms with van der Waals surface area (Å²) < 4.78 is 5.20. The van der Waals surface area contributed by atoms with E-state index in [-0.39, 0.29) is 5.43 Å². The Bertz CT molecular complexity index is 672. The van der Waals surface area contributed by atoms with Crippen molar-refractivity contribution in [3.8, 4) is 5.75 Å². The second kappa shape index (κ2) is 4.89. The molecule has 3 nitrogen and oxygen atoms in total. The van der Waals surface area contributed by atoms with Crippen LogP contribution in [0.1, 0.15) is 37.3 Å². The third kappa shape index (κ3) is 2.23. The van der Waals surface area contributed by atoms with Crippen molar-refractivity contribution in [3.63, 3.8) is 0 Å². The van der Waals surface area contributed by atoms with Crippen LogP contribution in [0, 0.1) is 0 Å². The summed E-state index contributed by atoms with van der Waals surface area (Å²) in [7, 11) is 1.58. The van der Waals surface area contributed by atoms with Crippen LogP contribution in [0.2, 0.25) is 5.02 Å². The molecular weight excluding hydrogens is 262 g/mol. The summed E-state index contributed by atoms with van der Waals surface area (Å²) >= 11 is 6.06. The molecule has 1 fully saturated rings. The Morgan fingerprint density at radius 1 is 1.26 bits per heavy atom. The fraction of sp³-hybridized carbons (Fsp3) is 0.400. The summed E-state index contributed by atoms with van der Waals surface area (Å²) in [6.45, 7) is 0. The molecule has 0 amide bonds. The lowest BCUT2D eigenvalue weighted by atomic mass is 10.0. The van der Waals surface area contributed by atoms with Crippen LogP contribution >= 0.6 is 11.6 Å². The first-order valence-corrected chi connectivity index (χ1v) is 6.97. The van der Waals surface area contributed by atoms with Crippen LogP contribution in [0.25, 0.3) is 10.9 Å². The first kappa shape index (κ1) is 12.5. The van der Waals surface area contributed by atoms with E-state index in [0.717, 1.165) is 24.1 Å². The van der Waals surface area contributed by atoms with Crippen molar-refractivity contribution < 1.29 is 4.74 Å². The molecule has 1 aromatic carbocycles. The van der Waals surface area contributed by atoms with Gasteiger partial charge in [0.15, 0.2) is 5.43 Å². The molecule has 19 heavy (non-hydrogen) atoms. The minimum atomic E-state index is 0.0280. The van der Waals surface area contributed by atoms with Gasteiger partial charge in [-0.05, 0) is 24.8 Å². The van der Waals surface area contributed by atoms with Crippen molar-refractivity contribution in [1.29, 1.82) is 0 Å². The summed E-state index contributed by atoms with van der Waals surface area (Å²) in [5, 5.41) is 1.08. The van der Waals surface area contributed by atoms with E-state index >= 15 is 0 Å². The number of halogens is 1. The number of hydrogen-bond donors (Lipinski definition) is 1. The number of fused-ring (bicyclic) bond motifs is 1. The zero-order valence-electron chi connectivity index (χ0n) is 10.8. The molecule has 1 aliphatic carbocycles. The molecule has 0 unspecified atom stereocenters. The third-order valence-corrected chi connectivity index (χ3v) is 4.21. The molecule has 0 bridgehead atoms. The van der Waals surface area contributed by atoms with E-state index in [2.05, 4.69) is 4.98 Å². The Labute approximate surface area is 116 Å². The Morgan fingerprint density at radius 2 is 2.00 bits per heavy atom. The maximum absolute atomic E-state index is 12.2. The number of aromatic amines is 1. The van der Waals surface area contributed by atoms with Crippen LogP contribution in [0.4, 0.5) is 0 Å². The van der Waals surface area contributed by atoms with Gasteiger partial charge in [0.05, 0.1) is 17.6 Å². The average Bonchev–Trinajstić information content (AvgIpc) is 2.92. The van der Waals surface area contributed by atoms with Gasteiger partial charge in [-0.15, -0.1) is 0 Å². The van der Waals surface area contributed by atoms with Gasteiger partial charge >= 0.3 is 0 Å². The quantitative estimate of drug-likeness (QED) is 0.906. The van der Waals surface area contributed by atoms with E-state index in [9.17, 15) is 4.79 Å². The van der Waals surface area contributed by atoms with Gasteiger partial charge in [0.2, 0.25) is 0 Å². The molecule has 0 aliphatic heterocycles. The maximum atomic E-state index is 12.2. The summed E-state index contributed by atoms with van der Waals surface area (Å²) in [5.41, 5.74) is 1.87. The number of nitrogens with one attached hydrogen (secondary N) is 1. The number of aromatic nitrogens is 1. The standard InChI is InChI=1S/C15H16ClNO2/c1-19-15-8-13-10(6-11(15)16)14(18)7-12(17-13)9-4-2-3-5-9/h6-9H,2-5H2,1H3,(H,17,18). The number of benzene rings is 1. The predicted molar refractivity (Wildman–Crippen MR) is 77.3 cm³/mol. The fourth-order valence-corrected chi connectivity index (χ4v) is 3.13. The van der Waals surface area contributed by atoms with Crippen molar-refractivity contribution >= 4 is 22.5 Å². The van der Waals surface area contributed by atoms with Gasteiger partial charge in [-0.1, -0.05) is 24.4 Å². The van der Waals surface area contributed by atoms with Gasteiger partial charge in [-0.25, -0.2) is 0 Å². The monoisotopic (exact) mass is 277 g/mol. The van der Waals surface area contributed by atoms with Crippen molar-refractivity contribution in [1.82, 2.24) is 4.98 Å². The Kier molecular flexibility index (Phi) is 3.23. The number of hydrogen-bond acceptors (Lipinski definition) is 2. The van der Waals surface area contributed by atoms with Crippen LogP contribution in [-0.2, 0) is 0 Å². The van der Waals surface area contributed by atoms with E-state index in [1.165, 1.54) is 12.8 Å². The number of ether oxygens (including phenoxy) is 1. The predicted octanol–water partition coefficient (Wildman–Crippen LogP) is 3.85. The van der Waals surface area contributed by atoms with Crippen LogP contribution in [-0.4, -0.2) is 12.1 Å². The Morgan fingerprint density at radius 3 is 2.68 bits per heavy atom. The smallest absolute Gasteiger partial charge is 0.189 e. The third-order valence-electron chi connectivity index (χ3n) is 3.92. The van der Waals surface area contributed by atoms with Gasteiger partial charge < -0.3 is 9.72 Å². The molecule has 1 saturated carbocycles. The average molecular weight is 278 g/mol. The normalized spacial score (nSPS) is 16.1. The van der Waals surface area contributed by atoms with Gasteiger partial charge in [-0.2, -0.15) is 0 Å². The van der Waals surface area contributed by atoms with Crippen molar-refractivity contribution in [2.45, 2.75) is 31.6 Å². The molecule has 1 aromatic heterocycles. The number of H-pyrrole nitrogens is 1. The zero-order chi connectivity index (χ0) is 13.4. The minimum absolute atomic E-state index is 0.0280. The molecule has 2 aromatic rings. The van der Waals surface area contributed by atoms with E-state index in [0.29, 0.717) is 22.1 Å². The van der Waals surface area contributed by atoms with Gasteiger partial charge in [-0.3, -0.25) is 4.79 Å². The van der Waals surface area contributed by atoms with Crippen LogP contribution < -0.4 is 10.2 Å². The van der Waals surface area contributed by atoms with Gasteiger partial charge in [0, 0.05) is 23.2 Å². The van der Waals surface area contributed by atoms with Crippen LogP contribution in [0.5, 0.6) is 5.75 Å². The van der Waals surface area contributed by atoms with Gasteiger partial charge in [0.25, 0.3) is 0 Å². The highest BCUT2D eigenvalue weighted by Gasteiger charge is 2.19. The lowest BCUT2D eigenvalue weighted by Crippen LogP contribution is -2.07. The molecule has 0 spiro atoms. The first-order valence-electron chi connectivity index (χ1n) is 6.59. The maximum Gasteiger partial charge on any atom is 0.189 e. The molecule has 1 aliphatic rings. The highest BCUT2D eigenvalue weighted by Crippen LogP contribution is 2.34. The van der Waals surface area contributed by atoms with Crippen molar-refractivity contribution in [3.05, 3.63) is 39.1 Å². The lowest BCUT2D eigenvalue weighted by Gasteiger charge is -2.12. The Balaban J connectivity index is 2.18. The summed E-state index contributed by atoms with van der Waals surface area (Å²) in [6, 6.07) is 5.20. The molecule has 100 valence electrons. The SMILES string of the molecule is COc1cc2[nH]c(C3CCCC3)cc(=O)c2cc1Cl. The largest absolute Gasteiger partial charge is 0.495 e. The molecule has 4 heteroatoms. The second-order valence-corrected chi connectivity index (χ2v) is 5.51. The topological polar surface area (TPSA) is 42.1 Å². The molecule has 0 saturated heterocycles. The summed E-state index contributed by atoms with van der Waals surface area (Å²) in [5.74, 6) is 1.08. The van der Waals surface area contributed by atoms with E-state index in [1.807, 2.05) is 0 Å².